The number of hydrogen-bond donors (Lipinski definition) is 0. The van der Waals surface area contributed by atoms with Crippen LogP contribution < -0.4 is 0 Å². The number of halogens is 1. The Bertz CT molecular complexity index is 836. The number of ether oxygens (including phenoxy) is 1. The van der Waals surface area contributed by atoms with Crippen LogP contribution in [0.4, 0.5) is 0 Å². The third-order valence-corrected chi connectivity index (χ3v) is 6.05. The van der Waals surface area contributed by atoms with Crippen LogP contribution in [-0.4, -0.2) is 66.6 Å². The highest BCUT2D eigenvalue weighted by Crippen LogP contribution is 2.26. The summed E-state index contributed by atoms with van der Waals surface area (Å²) in [6.07, 6.45) is 2.27. The first kappa shape index (κ1) is 18.8. The SMILES string of the molecule is Cc1cc(C(=O)N2CCCC(CN3CCOCC3)C2)c2cc(Br)ccc2n1. The van der Waals surface area contributed by atoms with E-state index in [0.29, 0.717) is 5.92 Å². The van der Waals surface area contributed by atoms with E-state index < -0.39 is 0 Å². The zero-order valence-corrected chi connectivity index (χ0v) is 17.4. The number of fused-ring (bicyclic) bond motifs is 1. The highest BCUT2D eigenvalue weighted by atomic mass is 79.9. The molecule has 3 heterocycles. The zero-order valence-electron chi connectivity index (χ0n) is 15.8. The maximum absolute atomic E-state index is 13.4. The van der Waals surface area contributed by atoms with Gasteiger partial charge in [0.05, 0.1) is 24.3 Å². The summed E-state index contributed by atoms with van der Waals surface area (Å²) in [6, 6.07) is 7.88. The van der Waals surface area contributed by atoms with Crippen molar-refractivity contribution in [3.63, 3.8) is 0 Å². The molecule has 2 aliphatic heterocycles. The van der Waals surface area contributed by atoms with Crippen molar-refractivity contribution in [2.24, 2.45) is 5.92 Å². The first-order valence-electron chi connectivity index (χ1n) is 9.76. The molecule has 2 aromatic rings. The monoisotopic (exact) mass is 431 g/mol. The van der Waals surface area contributed by atoms with Gasteiger partial charge < -0.3 is 9.64 Å². The number of aromatic nitrogens is 1. The Hall–Kier alpha value is -1.50. The molecule has 0 aliphatic carbocycles. The molecular formula is C21H26BrN3O2. The number of aryl methyl sites for hydroxylation is 1. The fraction of sp³-hybridized carbons (Fsp3) is 0.524. The van der Waals surface area contributed by atoms with Gasteiger partial charge in [-0.2, -0.15) is 0 Å². The Labute approximate surface area is 168 Å². The molecule has 5 nitrogen and oxygen atoms in total. The molecule has 0 radical (unpaired) electrons. The molecule has 1 amide bonds. The molecule has 1 aromatic carbocycles. The average Bonchev–Trinajstić information content (AvgIpc) is 2.68. The summed E-state index contributed by atoms with van der Waals surface area (Å²) in [5.74, 6) is 0.678. The largest absolute Gasteiger partial charge is 0.379 e. The number of hydrogen-bond acceptors (Lipinski definition) is 4. The smallest absolute Gasteiger partial charge is 0.254 e. The Kier molecular flexibility index (Phi) is 5.76. The molecule has 2 saturated heterocycles. The second-order valence-electron chi connectivity index (χ2n) is 7.65. The molecule has 6 heteroatoms. The molecule has 2 aliphatic rings. The molecule has 27 heavy (non-hydrogen) atoms. The van der Waals surface area contributed by atoms with Crippen molar-refractivity contribution >= 4 is 32.7 Å². The van der Waals surface area contributed by atoms with Crippen LogP contribution in [0.5, 0.6) is 0 Å². The number of carbonyl (C=O) groups excluding carboxylic acids is 1. The number of pyridine rings is 1. The number of piperidine rings is 1. The fourth-order valence-electron chi connectivity index (χ4n) is 4.23. The minimum absolute atomic E-state index is 0.135. The molecule has 0 bridgehead atoms. The number of rotatable bonds is 3. The molecule has 1 unspecified atom stereocenters. The summed E-state index contributed by atoms with van der Waals surface area (Å²) in [4.78, 5) is 22.5. The van der Waals surface area contributed by atoms with Gasteiger partial charge in [-0.1, -0.05) is 15.9 Å². The van der Waals surface area contributed by atoms with E-state index in [1.54, 1.807) is 0 Å². The van der Waals surface area contributed by atoms with E-state index >= 15 is 0 Å². The molecular weight excluding hydrogens is 406 g/mol. The second-order valence-corrected chi connectivity index (χ2v) is 8.56. The first-order chi connectivity index (χ1) is 13.1. The topological polar surface area (TPSA) is 45.7 Å². The van der Waals surface area contributed by atoms with E-state index in [1.807, 2.05) is 36.1 Å². The molecule has 0 spiro atoms. The van der Waals surface area contributed by atoms with Gasteiger partial charge in [0.1, 0.15) is 0 Å². The van der Waals surface area contributed by atoms with E-state index in [-0.39, 0.29) is 5.91 Å². The van der Waals surface area contributed by atoms with Gasteiger partial charge in [0.25, 0.3) is 5.91 Å². The summed E-state index contributed by atoms with van der Waals surface area (Å²) in [5.41, 5.74) is 2.53. The third kappa shape index (κ3) is 4.33. The van der Waals surface area contributed by atoms with Gasteiger partial charge in [-0.3, -0.25) is 14.7 Å². The Morgan fingerprint density at radius 2 is 2.07 bits per heavy atom. The summed E-state index contributed by atoms with van der Waals surface area (Å²) < 4.78 is 6.42. The summed E-state index contributed by atoms with van der Waals surface area (Å²) in [6.45, 7) is 8.37. The molecule has 0 saturated carbocycles. The minimum atomic E-state index is 0.135. The van der Waals surface area contributed by atoms with Crippen LogP contribution in [0.3, 0.4) is 0 Å². The molecule has 4 rings (SSSR count). The average molecular weight is 432 g/mol. The van der Waals surface area contributed by atoms with Gasteiger partial charge in [-0.15, -0.1) is 0 Å². The molecule has 1 aromatic heterocycles. The lowest BCUT2D eigenvalue weighted by Gasteiger charge is -2.37. The molecule has 2 fully saturated rings. The predicted molar refractivity (Wildman–Crippen MR) is 110 cm³/mol. The van der Waals surface area contributed by atoms with Gasteiger partial charge in [-0.05, 0) is 49.9 Å². The highest BCUT2D eigenvalue weighted by molar-refractivity contribution is 9.10. The van der Waals surface area contributed by atoms with Crippen LogP contribution in [0.2, 0.25) is 0 Å². The summed E-state index contributed by atoms with van der Waals surface area (Å²) >= 11 is 3.53. The van der Waals surface area contributed by atoms with E-state index in [4.69, 9.17) is 4.74 Å². The van der Waals surface area contributed by atoms with Crippen molar-refractivity contribution in [1.29, 1.82) is 0 Å². The first-order valence-corrected chi connectivity index (χ1v) is 10.6. The number of likely N-dealkylation sites (tertiary alicyclic amines) is 1. The Balaban J connectivity index is 1.53. The number of morpholine rings is 1. The lowest BCUT2D eigenvalue weighted by molar-refractivity contribution is 0.0224. The lowest BCUT2D eigenvalue weighted by atomic mass is 9.96. The predicted octanol–water partition coefficient (Wildman–Crippen LogP) is 3.49. The van der Waals surface area contributed by atoms with E-state index in [9.17, 15) is 4.79 Å². The van der Waals surface area contributed by atoms with Crippen LogP contribution in [0.15, 0.2) is 28.7 Å². The molecule has 144 valence electrons. The molecule has 0 N–H and O–H groups in total. The van der Waals surface area contributed by atoms with Crippen LogP contribution in [0, 0.1) is 12.8 Å². The van der Waals surface area contributed by atoms with Crippen molar-refractivity contribution in [1.82, 2.24) is 14.8 Å². The van der Waals surface area contributed by atoms with Crippen molar-refractivity contribution in [2.75, 3.05) is 45.9 Å². The van der Waals surface area contributed by atoms with Gasteiger partial charge in [0.15, 0.2) is 0 Å². The van der Waals surface area contributed by atoms with Crippen LogP contribution in [0.25, 0.3) is 10.9 Å². The van der Waals surface area contributed by atoms with Crippen molar-refractivity contribution < 1.29 is 9.53 Å². The number of amides is 1. The quantitative estimate of drug-likeness (QED) is 0.745. The fourth-order valence-corrected chi connectivity index (χ4v) is 4.59. The van der Waals surface area contributed by atoms with E-state index in [1.165, 1.54) is 6.42 Å². The minimum Gasteiger partial charge on any atom is -0.379 e. The third-order valence-electron chi connectivity index (χ3n) is 5.56. The number of benzene rings is 1. The van der Waals surface area contributed by atoms with Gasteiger partial charge in [0, 0.05) is 48.3 Å². The zero-order chi connectivity index (χ0) is 18.8. The Morgan fingerprint density at radius 3 is 2.89 bits per heavy atom. The number of nitrogens with zero attached hydrogens (tertiary/aromatic N) is 3. The van der Waals surface area contributed by atoms with Crippen molar-refractivity contribution in [3.8, 4) is 0 Å². The van der Waals surface area contributed by atoms with Crippen LogP contribution in [0.1, 0.15) is 28.9 Å². The van der Waals surface area contributed by atoms with E-state index in [2.05, 4.69) is 25.8 Å². The highest BCUT2D eigenvalue weighted by Gasteiger charge is 2.27. The maximum atomic E-state index is 13.4. The van der Waals surface area contributed by atoms with Gasteiger partial charge in [-0.25, -0.2) is 0 Å². The standard InChI is InChI=1S/C21H26BrN3O2/c1-15-11-19(18-12-17(22)4-5-20(18)23-15)21(26)25-6-2-3-16(14-25)13-24-7-9-27-10-8-24/h4-5,11-12,16H,2-3,6-10,13-14H2,1H3. The van der Waals surface area contributed by atoms with Crippen LogP contribution in [-0.2, 0) is 4.74 Å². The van der Waals surface area contributed by atoms with Crippen LogP contribution >= 0.6 is 15.9 Å². The van der Waals surface area contributed by atoms with Gasteiger partial charge in [0.2, 0.25) is 0 Å². The van der Waals surface area contributed by atoms with Gasteiger partial charge >= 0.3 is 0 Å². The van der Waals surface area contributed by atoms with Crippen molar-refractivity contribution in [2.45, 2.75) is 19.8 Å². The summed E-state index contributed by atoms with van der Waals surface area (Å²) in [7, 11) is 0. The summed E-state index contributed by atoms with van der Waals surface area (Å²) in [5, 5.41) is 0.926. The second kappa shape index (κ2) is 8.25. The van der Waals surface area contributed by atoms with E-state index in [0.717, 1.165) is 79.0 Å². The molecule has 1 atom stereocenters. The number of carbonyl (C=O) groups is 1. The van der Waals surface area contributed by atoms with Crippen molar-refractivity contribution in [3.05, 3.63) is 40.0 Å². The Morgan fingerprint density at radius 1 is 1.26 bits per heavy atom. The normalized spacial score (nSPS) is 21.6. The lowest BCUT2D eigenvalue weighted by Crippen LogP contribution is -2.46. The maximum Gasteiger partial charge on any atom is 0.254 e.